The molecule has 0 amide bonds. The molecule has 2 atom stereocenters. The summed E-state index contributed by atoms with van der Waals surface area (Å²) in [4.78, 5) is 6.69. The summed E-state index contributed by atoms with van der Waals surface area (Å²) in [6.07, 6.45) is 0. The first-order valence-corrected chi connectivity index (χ1v) is 7.98. The minimum absolute atomic E-state index is 0.211. The van der Waals surface area contributed by atoms with E-state index >= 15 is 0 Å². The third kappa shape index (κ3) is 3.09. The fourth-order valence-electron chi connectivity index (χ4n) is 2.06. The number of hydrogen-bond acceptors (Lipinski definition) is 2. The summed E-state index contributed by atoms with van der Waals surface area (Å²) in [6, 6.07) is 3.63. The molecule has 0 radical (unpaired) electrons. The summed E-state index contributed by atoms with van der Waals surface area (Å²) in [7, 11) is 4.05. The Morgan fingerprint density at radius 2 is 2.05 bits per heavy atom. The van der Waals surface area contributed by atoms with Crippen LogP contribution in [0.2, 0.25) is 0 Å². The molecule has 0 N–H and O–H groups in total. The van der Waals surface area contributed by atoms with E-state index < -0.39 is 0 Å². The van der Waals surface area contributed by atoms with Crippen molar-refractivity contribution in [1.82, 2.24) is 14.5 Å². The van der Waals surface area contributed by atoms with E-state index in [1.165, 1.54) is 0 Å². The van der Waals surface area contributed by atoms with Gasteiger partial charge < -0.3 is 9.47 Å². The van der Waals surface area contributed by atoms with Gasteiger partial charge in [-0.2, -0.15) is 0 Å². The number of rotatable bonds is 4. The number of nitrogens with zero attached hydrogens (tertiary/aromatic N) is 3. The molecular formula is C14H18ClFIN3. The second kappa shape index (κ2) is 6.15. The summed E-state index contributed by atoms with van der Waals surface area (Å²) in [6.45, 7) is 4.74. The molecular weight excluding hydrogens is 392 g/mol. The van der Waals surface area contributed by atoms with Gasteiger partial charge in [0.1, 0.15) is 11.6 Å². The third-order valence-corrected chi connectivity index (χ3v) is 4.53. The number of imidazole rings is 1. The van der Waals surface area contributed by atoms with Crippen molar-refractivity contribution in [3.05, 3.63) is 27.3 Å². The number of hydrogen-bond donors (Lipinski definition) is 0. The van der Waals surface area contributed by atoms with Gasteiger partial charge >= 0.3 is 0 Å². The molecule has 1 heterocycles. The normalized spacial score (nSPS) is 15.0. The fraction of sp³-hybridized carbons (Fsp3) is 0.500. The molecule has 1 aromatic carbocycles. The molecule has 1 aromatic heterocycles. The van der Waals surface area contributed by atoms with Crippen molar-refractivity contribution >= 4 is 45.2 Å². The SMILES string of the molecule is CC(Cl)c1nc2cc(I)c(F)cc2n1CC(C)N(C)C. The topological polar surface area (TPSA) is 21.1 Å². The van der Waals surface area contributed by atoms with Crippen LogP contribution >= 0.6 is 34.2 Å². The van der Waals surface area contributed by atoms with Gasteiger partial charge in [0.05, 0.1) is 20.0 Å². The zero-order valence-electron chi connectivity index (χ0n) is 12.0. The Balaban J connectivity index is 2.59. The smallest absolute Gasteiger partial charge is 0.138 e. The van der Waals surface area contributed by atoms with Gasteiger partial charge in [-0.1, -0.05) is 0 Å². The molecule has 0 bridgehead atoms. The molecule has 20 heavy (non-hydrogen) atoms. The van der Waals surface area contributed by atoms with Crippen LogP contribution in [0.5, 0.6) is 0 Å². The van der Waals surface area contributed by atoms with Crippen LogP contribution in [0.3, 0.4) is 0 Å². The Morgan fingerprint density at radius 1 is 1.40 bits per heavy atom. The lowest BCUT2D eigenvalue weighted by Gasteiger charge is -2.22. The third-order valence-electron chi connectivity index (χ3n) is 3.50. The lowest BCUT2D eigenvalue weighted by atomic mass is 10.2. The molecule has 0 fully saturated rings. The van der Waals surface area contributed by atoms with Crippen molar-refractivity contribution in [2.24, 2.45) is 0 Å². The highest BCUT2D eigenvalue weighted by Gasteiger charge is 2.18. The first-order valence-electron chi connectivity index (χ1n) is 6.47. The maximum atomic E-state index is 13.8. The summed E-state index contributed by atoms with van der Waals surface area (Å²) in [5.74, 6) is 0.572. The van der Waals surface area contributed by atoms with E-state index in [2.05, 4.69) is 16.8 Å². The zero-order chi connectivity index (χ0) is 15.0. The highest BCUT2D eigenvalue weighted by molar-refractivity contribution is 14.1. The highest BCUT2D eigenvalue weighted by Crippen LogP contribution is 2.27. The van der Waals surface area contributed by atoms with E-state index in [9.17, 15) is 4.39 Å². The van der Waals surface area contributed by atoms with Gasteiger partial charge in [0.15, 0.2) is 0 Å². The molecule has 3 nitrogen and oxygen atoms in total. The number of benzene rings is 1. The van der Waals surface area contributed by atoms with Crippen molar-refractivity contribution in [3.63, 3.8) is 0 Å². The average Bonchev–Trinajstić information content (AvgIpc) is 2.68. The lowest BCUT2D eigenvalue weighted by Crippen LogP contribution is -2.29. The number of alkyl halides is 1. The van der Waals surface area contributed by atoms with E-state index in [-0.39, 0.29) is 11.2 Å². The number of halogens is 3. The van der Waals surface area contributed by atoms with Gasteiger partial charge in [-0.3, -0.25) is 0 Å². The van der Waals surface area contributed by atoms with E-state index in [1.54, 1.807) is 12.1 Å². The van der Waals surface area contributed by atoms with Crippen LogP contribution in [-0.4, -0.2) is 34.6 Å². The second-order valence-electron chi connectivity index (χ2n) is 5.26. The Hall–Kier alpha value is -0.400. The van der Waals surface area contributed by atoms with Gasteiger partial charge in [0.25, 0.3) is 0 Å². The lowest BCUT2D eigenvalue weighted by molar-refractivity contribution is 0.284. The Labute approximate surface area is 137 Å². The Kier molecular flexibility index (Phi) is 4.92. The van der Waals surface area contributed by atoms with Crippen LogP contribution in [0, 0.1) is 9.39 Å². The summed E-state index contributed by atoms with van der Waals surface area (Å²) in [5.41, 5.74) is 1.60. The van der Waals surface area contributed by atoms with E-state index in [0.29, 0.717) is 9.61 Å². The van der Waals surface area contributed by atoms with Crippen molar-refractivity contribution in [2.75, 3.05) is 14.1 Å². The predicted octanol–water partition coefficient (Wildman–Crippen LogP) is 4.03. The molecule has 110 valence electrons. The van der Waals surface area contributed by atoms with Crippen molar-refractivity contribution in [2.45, 2.75) is 31.8 Å². The average molecular weight is 410 g/mol. The van der Waals surface area contributed by atoms with Gasteiger partial charge in [-0.05, 0) is 56.6 Å². The van der Waals surface area contributed by atoms with Crippen LogP contribution < -0.4 is 0 Å². The van der Waals surface area contributed by atoms with Gasteiger partial charge in [0, 0.05) is 18.7 Å². The maximum Gasteiger partial charge on any atom is 0.138 e. The number of fused-ring (bicyclic) bond motifs is 1. The number of aromatic nitrogens is 2. The second-order valence-corrected chi connectivity index (χ2v) is 7.08. The minimum atomic E-state index is -0.217. The molecule has 0 aliphatic rings. The van der Waals surface area contributed by atoms with Crippen LogP contribution in [0.25, 0.3) is 11.0 Å². The summed E-state index contributed by atoms with van der Waals surface area (Å²) >= 11 is 8.21. The van der Waals surface area contributed by atoms with Gasteiger partial charge in [-0.25, -0.2) is 9.37 Å². The molecule has 2 rings (SSSR count). The van der Waals surface area contributed by atoms with Crippen LogP contribution in [0.15, 0.2) is 12.1 Å². The molecule has 2 unspecified atom stereocenters. The summed E-state index contributed by atoms with van der Waals surface area (Å²) in [5, 5.41) is -0.211. The molecule has 0 saturated heterocycles. The summed E-state index contributed by atoms with van der Waals surface area (Å²) < 4.78 is 16.4. The van der Waals surface area contributed by atoms with Crippen molar-refractivity contribution in [1.29, 1.82) is 0 Å². The molecule has 0 aliphatic heterocycles. The van der Waals surface area contributed by atoms with Crippen LogP contribution in [0.4, 0.5) is 4.39 Å². The Morgan fingerprint density at radius 3 is 2.60 bits per heavy atom. The zero-order valence-corrected chi connectivity index (χ0v) is 14.9. The maximum absolute atomic E-state index is 13.8. The molecule has 2 aromatic rings. The van der Waals surface area contributed by atoms with Crippen molar-refractivity contribution in [3.8, 4) is 0 Å². The minimum Gasteiger partial charge on any atom is -0.325 e. The largest absolute Gasteiger partial charge is 0.325 e. The van der Waals surface area contributed by atoms with E-state index in [0.717, 1.165) is 23.4 Å². The van der Waals surface area contributed by atoms with Gasteiger partial charge in [-0.15, -0.1) is 11.6 Å². The Bertz CT molecular complexity index is 624. The first-order chi connectivity index (χ1) is 9.31. The van der Waals surface area contributed by atoms with Gasteiger partial charge in [0.2, 0.25) is 0 Å². The fourth-order valence-corrected chi connectivity index (χ4v) is 2.68. The predicted molar refractivity (Wildman–Crippen MR) is 89.8 cm³/mol. The monoisotopic (exact) mass is 409 g/mol. The van der Waals surface area contributed by atoms with Crippen LogP contribution in [0.1, 0.15) is 25.0 Å². The first kappa shape index (κ1) is 16.0. The molecule has 0 saturated carbocycles. The highest BCUT2D eigenvalue weighted by atomic mass is 127. The van der Waals surface area contributed by atoms with Crippen LogP contribution in [-0.2, 0) is 6.54 Å². The molecule has 6 heteroatoms. The van der Waals surface area contributed by atoms with E-state index in [4.69, 9.17) is 11.6 Å². The molecule has 0 spiro atoms. The van der Waals surface area contributed by atoms with Crippen molar-refractivity contribution < 1.29 is 4.39 Å². The standard InChI is InChI=1S/C14H18ClFIN3/c1-8(19(3)4)7-20-13-5-10(16)11(17)6-12(13)18-14(20)9(2)15/h5-6,8-9H,7H2,1-4H3. The quantitative estimate of drug-likeness (QED) is 0.561. The number of likely N-dealkylation sites (N-methyl/N-ethyl adjacent to an activating group) is 1. The molecule has 0 aliphatic carbocycles. The van der Waals surface area contributed by atoms with E-state index in [1.807, 2.05) is 48.2 Å².